The monoisotopic (exact) mass is 560 g/mol. The first-order chi connectivity index (χ1) is 19.9. The molecule has 4 heterocycles. The Morgan fingerprint density at radius 2 is 1.37 bits per heavy atom. The summed E-state index contributed by atoms with van der Waals surface area (Å²) >= 11 is 0. The molecule has 0 bridgehead atoms. The zero-order chi connectivity index (χ0) is 28.3. The highest BCUT2D eigenvalue weighted by Crippen LogP contribution is 2.25. The fourth-order valence-electron chi connectivity index (χ4n) is 5.18. The number of aliphatic hydroxyl groups is 1. The van der Waals surface area contributed by atoms with Crippen LogP contribution in [0.25, 0.3) is 22.8 Å². The summed E-state index contributed by atoms with van der Waals surface area (Å²) in [5.74, 6) is 1.58. The number of carbonyl (C=O) groups excluding carboxylic acids is 1. The third kappa shape index (κ3) is 6.02. The van der Waals surface area contributed by atoms with Crippen LogP contribution in [0.2, 0.25) is 0 Å². The van der Waals surface area contributed by atoms with E-state index < -0.39 is 0 Å². The van der Waals surface area contributed by atoms with Crippen LogP contribution >= 0.6 is 0 Å². The summed E-state index contributed by atoms with van der Waals surface area (Å²) in [7, 11) is 0. The maximum Gasteiger partial charge on any atom is 0.244 e. The molecule has 0 saturated carbocycles. The van der Waals surface area contributed by atoms with Crippen molar-refractivity contribution in [3.8, 4) is 22.8 Å². The van der Waals surface area contributed by atoms with Gasteiger partial charge in [-0.1, -0.05) is 0 Å². The number of anilines is 2. The molecule has 2 aliphatic heterocycles. The number of carbonyl (C=O) groups is 1. The molecule has 4 aromatic rings. The Morgan fingerprint density at radius 1 is 0.805 bits per heavy atom. The average Bonchev–Trinajstić information content (AvgIpc) is 3.42. The van der Waals surface area contributed by atoms with Crippen LogP contribution in [0.4, 0.5) is 20.4 Å². The molecular formula is C29H30F2N8O2. The zero-order valence-corrected chi connectivity index (χ0v) is 22.4. The highest BCUT2D eigenvalue weighted by atomic mass is 19.1. The van der Waals surface area contributed by atoms with Gasteiger partial charge in [0.15, 0.2) is 11.6 Å². The average molecular weight is 561 g/mol. The summed E-state index contributed by atoms with van der Waals surface area (Å²) in [4.78, 5) is 33.0. The summed E-state index contributed by atoms with van der Waals surface area (Å²) in [6.45, 7) is 3.72. The third-order valence-corrected chi connectivity index (χ3v) is 7.54. The lowest BCUT2D eigenvalue weighted by Gasteiger charge is -2.36. The van der Waals surface area contributed by atoms with E-state index in [0.717, 1.165) is 37.6 Å². The molecule has 0 aliphatic carbocycles. The summed E-state index contributed by atoms with van der Waals surface area (Å²) in [6, 6.07) is 13.6. The van der Waals surface area contributed by atoms with Gasteiger partial charge in [0, 0.05) is 56.5 Å². The van der Waals surface area contributed by atoms with E-state index in [2.05, 4.69) is 29.9 Å². The third-order valence-electron chi connectivity index (χ3n) is 7.54. The van der Waals surface area contributed by atoms with Gasteiger partial charge in [-0.25, -0.2) is 28.4 Å². The van der Waals surface area contributed by atoms with Gasteiger partial charge in [-0.05, 0) is 61.4 Å². The smallest absolute Gasteiger partial charge is 0.244 e. The number of hydrogen-bond acceptors (Lipinski definition) is 8. The van der Waals surface area contributed by atoms with Crippen molar-refractivity contribution in [2.45, 2.75) is 25.5 Å². The van der Waals surface area contributed by atoms with Gasteiger partial charge in [0.2, 0.25) is 5.91 Å². The van der Waals surface area contributed by atoms with Gasteiger partial charge in [-0.3, -0.25) is 4.79 Å². The molecule has 0 unspecified atom stereocenters. The van der Waals surface area contributed by atoms with Crippen molar-refractivity contribution in [1.82, 2.24) is 29.6 Å². The second-order valence-corrected chi connectivity index (χ2v) is 10.3. The highest BCUT2D eigenvalue weighted by molar-refractivity contribution is 5.77. The van der Waals surface area contributed by atoms with Crippen LogP contribution in [0.5, 0.6) is 0 Å². The molecule has 2 aromatic carbocycles. The van der Waals surface area contributed by atoms with E-state index in [1.54, 1.807) is 35.5 Å². The number of piperidine rings is 1. The van der Waals surface area contributed by atoms with Crippen molar-refractivity contribution in [2.75, 3.05) is 49.1 Å². The first kappa shape index (κ1) is 26.8. The number of nitrogens with zero attached hydrogens (tertiary/aromatic N) is 8. The van der Waals surface area contributed by atoms with Gasteiger partial charge < -0.3 is 19.8 Å². The molecule has 6 rings (SSSR count). The largest absolute Gasteiger partial charge is 0.393 e. The van der Waals surface area contributed by atoms with Gasteiger partial charge in [0.1, 0.15) is 36.1 Å². The molecule has 1 amide bonds. The fourth-order valence-corrected chi connectivity index (χ4v) is 5.18. The van der Waals surface area contributed by atoms with E-state index in [9.17, 15) is 18.7 Å². The number of aromatic nitrogens is 5. The molecule has 10 nitrogen and oxygen atoms in total. The minimum Gasteiger partial charge on any atom is -0.393 e. The molecule has 2 aliphatic rings. The van der Waals surface area contributed by atoms with Gasteiger partial charge >= 0.3 is 0 Å². The summed E-state index contributed by atoms with van der Waals surface area (Å²) in [5, 5.41) is 14.4. The number of amides is 1. The number of rotatable bonds is 6. The maximum absolute atomic E-state index is 13.6. The summed E-state index contributed by atoms with van der Waals surface area (Å²) in [5.41, 5.74) is 1.23. The zero-order valence-electron chi connectivity index (χ0n) is 22.4. The molecule has 2 fully saturated rings. The summed E-state index contributed by atoms with van der Waals surface area (Å²) < 4.78 is 28.6. The maximum atomic E-state index is 13.6. The van der Waals surface area contributed by atoms with Crippen molar-refractivity contribution in [3.05, 3.63) is 72.6 Å². The molecule has 41 heavy (non-hydrogen) atoms. The van der Waals surface area contributed by atoms with Crippen molar-refractivity contribution in [1.29, 1.82) is 0 Å². The predicted octanol–water partition coefficient (Wildman–Crippen LogP) is 2.99. The van der Waals surface area contributed by atoms with Crippen LogP contribution in [0.1, 0.15) is 12.8 Å². The second-order valence-electron chi connectivity index (χ2n) is 10.3. The fraction of sp³-hybridized carbons (Fsp3) is 0.345. The van der Waals surface area contributed by atoms with E-state index in [1.165, 1.54) is 28.9 Å². The number of piperazine rings is 1. The Balaban J connectivity index is 1.14. The Labute approximate surface area is 235 Å². The van der Waals surface area contributed by atoms with Gasteiger partial charge in [-0.15, -0.1) is 5.10 Å². The number of halogens is 2. The Hall–Kier alpha value is -4.45. The Morgan fingerprint density at radius 3 is 1.98 bits per heavy atom. The molecule has 12 heteroatoms. The minimum atomic E-state index is -0.377. The number of aliphatic hydroxyl groups excluding tert-OH is 1. The van der Waals surface area contributed by atoms with Crippen LogP contribution in [0.15, 0.2) is 60.9 Å². The van der Waals surface area contributed by atoms with Crippen LogP contribution < -0.4 is 9.80 Å². The summed E-state index contributed by atoms with van der Waals surface area (Å²) in [6.07, 6.45) is 2.76. The van der Waals surface area contributed by atoms with Gasteiger partial charge in [0.05, 0.1) is 6.10 Å². The van der Waals surface area contributed by atoms with E-state index in [-0.39, 0.29) is 30.2 Å². The minimum absolute atomic E-state index is 0.0423. The quantitative estimate of drug-likeness (QED) is 0.384. The molecule has 1 N–H and O–H groups in total. The van der Waals surface area contributed by atoms with Crippen molar-refractivity contribution < 1.29 is 18.7 Å². The van der Waals surface area contributed by atoms with Gasteiger partial charge in [0.25, 0.3) is 0 Å². The van der Waals surface area contributed by atoms with E-state index >= 15 is 0 Å². The first-order valence-corrected chi connectivity index (χ1v) is 13.7. The lowest BCUT2D eigenvalue weighted by molar-refractivity contribution is -0.132. The second kappa shape index (κ2) is 11.6. The van der Waals surface area contributed by atoms with Crippen LogP contribution in [-0.4, -0.2) is 86.0 Å². The van der Waals surface area contributed by atoms with Crippen LogP contribution in [0, 0.1) is 11.6 Å². The SMILES string of the molecule is O=C(Cn1nc(-c2ccc(F)cc2)nc1-c1ccc(F)cc1)N1CCN(c2cc(N3CCC(O)CC3)ncn2)CC1. The van der Waals surface area contributed by atoms with Crippen molar-refractivity contribution in [3.63, 3.8) is 0 Å². The molecule has 2 saturated heterocycles. The van der Waals surface area contributed by atoms with Crippen molar-refractivity contribution >= 4 is 17.5 Å². The predicted molar refractivity (Wildman–Crippen MR) is 149 cm³/mol. The molecule has 0 atom stereocenters. The molecule has 212 valence electrons. The highest BCUT2D eigenvalue weighted by Gasteiger charge is 2.25. The van der Waals surface area contributed by atoms with Gasteiger partial charge in [-0.2, -0.15) is 0 Å². The Kier molecular flexibility index (Phi) is 7.55. The topological polar surface area (TPSA) is 104 Å². The Bertz CT molecular complexity index is 1500. The standard InChI is InChI=1S/C29H30F2N8O2/c30-22-5-1-20(2-6-22)28-34-29(21-3-7-23(31)8-4-21)39(35-28)18-27(41)38-15-13-37(14-16-38)26-17-25(32-19-33-26)36-11-9-24(40)10-12-36/h1-8,17,19,24,40H,9-16,18H2. The number of hydrogen-bond donors (Lipinski definition) is 1. The van der Waals surface area contributed by atoms with Crippen LogP contribution in [0.3, 0.4) is 0 Å². The lowest BCUT2D eigenvalue weighted by Crippen LogP contribution is -2.50. The van der Waals surface area contributed by atoms with Crippen molar-refractivity contribution in [2.24, 2.45) is 0 Å². The first-order valence-electron chi connectivity index (χ1n) is 13.7. The molecule has 0 radical (unpaired) electrons. The molecule has 2 aromatic heterocycles. The van der Waals surface area contributed by atoms with E-state index in [4.69, 9.17) is 0 Å². The van der Waals surface area contributed by atoms with Crippen LogP contribution in [-0.2, 0) is 11.3 Å². The van der Waals surface area contributed by atoms with E-state index in [1.807, 2.05) is 6.07 Å². The molecule has 0 spiro atoms. The lowest BCUT2D eigenvalue weighted by atomic mass is 10.1. The number of benzene rings is 2. The van der Waals surface area contributed by atoms with E-state index in [0.29, 0.717) is 49.0 Å². The molecular weight excluding hydrogens is 530 g/mol. The normalized spacial score (nSPS) is 16.3.